The molecule has 3 aromatic rings. The van der Waals surface area contributed by atoms with Crippen molar-refractivity contribution in [2.24, 2.45) is 0 Å². The number of imidazole rings is 1. The van der Waals surface area contributed by atoms with Crippen LogP contribution in [0, 0.1) is 0 Å². The lowest BCUT2D eigenvalue weighted by atomic mass is 10.0. The Bertz CT molecular complexity index is 713. The van der Waals surface area contributed by atoms with Crippen molar-refractivity contribution in [1.82, 2.24) is 9.38 Å². The fourth-order valence-electron chi connectivity index (χ4n) is 2.07. The molecule has 0 aliphatic carbocycles. The topological polar surface area (TPSA) is 37.5 Å². The van der Waals surface area contributed by atoms with Crippen LogP contribution in [-0.4, -0.2) is 14.5 Å². The number of rotatable bonds is 4. The van der Waals surface area contributed by atoms with E-state index in [1.807, 2.05) is 16.0 Å². The molecule has 0 aliphatic rings. The monoisotopic (exact) mass is 304 g/mol. The summed E-state index contributed by atoms with van der Waals surface area (Å²) in [6.07, 6.45) is 1.95. The van der Waals surface area contributed by atoms with Crippen molar-refractivity contribution in [3.63, 3.8) is 0 Å². The van der Waals surface area contributed by atoms with Gasteiger partial charge in [0.25, 0.3) is 0 Å². The van der Waals surface area contributed by atoms with E-state index in [4.69, 9.17) is 0 Å². The first-order chi connectivity index (χ1) is 9.69. The molecule has 2 aromatic heterocycles. The summed E-state index contributed by atoms with van der Waals surface area (Å²) in [6, 6.07) is 8.55. The fourth-order valence-corrected chi connectivity index (χ4v) is 3.77. The van der Waals surface area contributed by atoms with E-state index in [1.165, 1.54) is 5.56 Å². The molecule has 0 bridgehead atoms. The minimum Gasteiger partial charge on any atom is -0.390 e. The number of hydrogen-bond acceptors (Lipinski definition) is 4. The molecule has 0 aliphatic heterocycles. The first-order valence-corrected chi connectivity index (χ1v) is 8.21. The van der Waals surface area contributed by atoms with Crippen LogP contribution in [0.15, 0.2) is 45.8 Å². The van der Waals surface area contributed by atoms with Crippen LogP contribution >= 0.6 is 23.1 Å². The van der Waals surface area contributed by atoms with E-state index in [0.717, 1.165) is 20.6 Å². The summed E-state index contributed by atoms with van der Waals surface area (Å²) in [5.41, 5.74) is 2.20. The van der Waals surface area contributed by atoms with Gasteiger partial charge in [-0.2, -0.15) is 0 Å². The van der Waals surface area contributed by atoms with Crippen LogP contribution in [0.5, 0.6) is 0 Å². The zero-order valence-corrected chi connectivity index (χ0v) is 13.0. The molecule has 20 heavy (non-hydrogen) atoms. The second-order valence-corrected chi connectivity index (χ2v) is 6.84. The summed E-state index contributed by atoms with van der Waals surface area (Å²) in [5, 5.41) is 12.4. The first kappa shape index (κ1) is 13.7. The van der Waals surface area contributed by atoms with Gasteiger partial charge in [0, 0.05) is 16.5 Å². The Hall–Kier alpha value is -1.30. The molecule has 0 fully saturated rings. The maximum atomic E-state index is 9.55. The van der Waals surface area contributed by atoms with E-state index >= 15 is 0 Å². The van der Waals surface area contributed by atoms with Gasteiger partial charge in [0.2, 0.25) is 0 Å². The molecule has 0 saturated carbocycles. The molecule has 0 radical (unpaired) electrons. The highest BCUT2D eigenvalue weighted by Gasteiger charge is 2.13. The van der Waals surface area contributed by atoms with Crippen molar-refractivity contribution in [2.45, 2.75) is 36.3 Å². The number of nitrogens with zero attached hydrogens (tertiary/aromatic N) is 2. The van der Waals surface area contributed by atoms with Crippen LogP contribution < -0.4 is 0 Å². The van der Waals surface area contributed by atoms with Crippen molar-refractivity contribution in [3.8, 4) is 0 Å². The first-order valence-electron chi connectivity index (χ1n) is 6.52. The van der Waals surface area contributed by atoms with Crippen molar-refractivity contribution in [3.05, 3.63) is 47.1 Å². The number of aliphatic hydroxyl groups excluding tert-OH is 1. The van der Waals surface area contributed by atoms with Gasteiger partial charge in [-0.3, -0.25) is 4.40 Å². The quantitative estimate of drug-likeness (QED) is 0.786. The normalized spacial score (nSPS) is 11.6. The molecule has 3 rings (SSSR count). The molecule has 3 nitrogen and oxygen atoms in total. The second kappa shape index (κ2) is 5.60. The number of benzene rings is 1. The van der Waals surface area contributed by atoms with Gasteiger partial charge in [0.1, 0.15) is 5.03 Å². The smallest absolute Gasteiger partial charge is 0.195 e. The molecule has 0 saturated heterocycles. The van der Waals surface area contributed by atoms with Crippen LogP contribution in [0.2, 0.25) is 0 Å². The van der Waals surface area contributed by atoms with Gasteiger partial charge < -0.3 is 5.11 Å². The van der Waals surface area contributed by atoms with Crippen LogP contribution in [0.4, 0.5) is 0 Å². The molecule has 0 unspecified atom stereocenters. The molecule has 0 amide bonds. The maximum absolute atomic E-state index is 9.55. The summed E-state index contributed by atoms with van der Waals surface area (Å²) >= 11 is 3.19. The summed E-state index contributed by atoms with van der Waals surface area (Å²) < 4.78 is 1.95. The molecular formula is C15H16N2OS2. The average molecular weight is 304 g/mol. The van der Waals surface area contributed by atoms with Gasteiger partial charge in [-0.1, -0.05) is 37.7 Å². The molecule has 0 atom stereocenters. The SMILES string of the molecule is CC(C)c1ccc(Sc2nc3sccn3c2CO)cc1. The average Bonchev–Trinajstić information content (AvgIpc) is 2.99. The van der Waals surface area contributed by atoms with E-state index in [1.54, 1.807) is 23.1 Å². The van der Waals surface area contributed by atoms with Crippen molar-refractivity contribution >= 4 is 28.1 Å². The number of hydrogen-bond donors (Lipinski definition) is 1. The van der Waals surface area contributed by atoms with E-state index < -0.39 is 0 Å². The van der Waals surface area contributed by atoms with Crippen molar-refractivity contribution < 1.29 is 5.11 Å². The maximum Gasteiger partial charge on any atom is 0.195 e. The highest BCUT2D eigenvalue weighted by molar-refractivity contribution is 7.99. The Morgan fingerprint density at radius 1 is 1.30 bits per heavy atom. The molecule has 2 heterocycles. The third kappa shape index (κ3) is 2.49. The van der Waals surface area contributed by atoms with Crippen LogP contribution in [-0.2, 0) is 6.61 Å². The molecule has 5 heteroatoms. The van der Waals surface area contributed by atoms with Gasteiger partial charge in [0.05, 0.1) is 12.3 Å². The third-order valence-corrected chi connectivity index (χ3v) is 5.02. The Labute approximate surface area is 126 Å². The zero-order chi connectivity index (χ0) is 14.1. The Morgan fingerprint density at radius 2 is 2.05 bits per heavy atom. The number of fused-ring (bicyclic) bond motifs is 1. The van der Waals surface area contributed by atoms with E-state index in [9.17, 15) is 5.11 Å². The minimum atomic E-state index is 0.00428. The lowest BCUT2D eigenvalue weighted by Gasteiger charge is -2.06. The largest absolute Gasteiger partial charge is 0.390 e. The van der Waals surface area contributed by atoms with Gasteiger partial charge in [-0.15, -0.1) is 11.3 Å². The van der Waals surface area contributed by atoms with Gasteiger partial charge in [0.15, 0.2) is 4.96 Å². The van der Waals surface area contributed by atoms with Gasteiger partial charge in [-0.25, -0.2) is 4.98 Å². The number of thiazole rings is 1. The van der Waals surface area contributed by atoms with Crippen LogP contribution in [0.1, 0.15) is 31.0 Å². The highest BCUT2D eigenvalue weighted by Crippen LogP contribution is 2.32. The summed E-state index contributed by atoms with van der Waals surface area (Å²) in [5.74, 6) is 0.542. The lowest BCUT2D eigenvalue weighted by molar-refractivity contribution is 0.272. The lowest BCUT2D eigenvalue weighted by Crippen LogP contribution is -1.91. The van der Waals surface area contributed by atoms with Gasteiger partial charge in [-0.05, 0) is 23.6 Å². The van der Waals surface area contributed by atoms with Crippen molar-refractivity contribution in [2.75, 3.05) is 0 Å². The standard InChI is InChI=1S/C15H16N2OS2/c1-10(2)11-3-5-12(6-4-11)20-14-13(9-18)17-7-8-19-15(17)16-14/h3-8,10,18H,9H2,1-2H3. The molecule has 1 aromatic carbocycles. The van der Waals surface area contributed by atoms with E-state index in [-0.39, 0.29) is 6.61 Å². The number of aromatic nitrogens is 2. The summed E-state index contributed by atoms with van der Waals surface area (Å²) in [7, 11) is 0. The molecule has 104 valence electrons. The second-order valence-electron chi connectivity index (χ2n) is 4.90. The number of aliphatic hydroxyl groups is 1. The molecule has 0 spiro atoms. The summed E-state index contributed by atoms with van der Waals surface area (Å²) in [4.78, 5) is 6.66. The third-order valence-electron chi connectivity index (χ3n) is 3.24. The van der Waals surface area contributed by atoms with Crippen LogP contribution in [0.3, 0.4) is 0 Å². The summed E-state index contributed by atoms with van der Waals surface area (Å²) in [6.45, 7) is 4.38. The zero-order valence-electron chi connectivity index (χ0n) is 11.4. The van der Waals surface area contributed by atoms with E-state index in [0.29, 0.717) is 5.92 Å². The highest BCUT2D eigenvalue weighted by atomic mass is 32.2. The Balaban J connectivity index is 1.90. The molecule has 1 N–H and O–H groups in total. The van der Waals surface area contributed by atoms with Gasteiger partial charge >= 0.3 is 0 Å². The van der Waals surface area contributed by atoms with Crippen molar-refractivity contribution in [1.29, 1.82) is 0 Å². The Morgan fingerprint density at radius 3 is 2.70 bits per heavy atom. The van der Waals surface area contributed by atoms with Crippen LogP contribution in [0.25, 0.3) is 4.96 Å². The predicted octanol–water partition coefficient (Wildman–Crippen LogP) is 4.16. The van der Waals surface area contributed by atoms with E-state index in [2.05, 4.69) is 43.1 Å². The fraction of sp³-hybridized carbons (Fsp3) is 0.267. The molecular weight excluding hydrogens is 288 g/mol. The Kier molecular flexibility index (Phi) is 3.83. The minimum absolute atomic E-state index is 0.00428. The predicted molar refractivity (Wildman–Crippen MR) is 83.6 cm³/mol.